The summed E-state index contributed by atoms with van der Waals surface area (Å²) < 4.78 is 12.2. The number of carbonyl (C=O) groups excluding carboxylic acids is 1. The van der Waals surface area contributed by atoms with Gasteiger partial charge in [-0.05, 0) is 59.0 Å². The van der Waals surface area contributed by atoms with Crippen LogP contribution < -0.4 is 10.3 Å². The summed E-state index contributed by atoms with van der Waals surface area (Å²) in [4.78, 5) is 28.9. The monoisotopic (exact) mass is 487 g/mol. The highest BCUT2D eigenvalue weighted by Gasteiger charge is 2.17. The standard InChI is InChI=1S/C20H14IN3O4/c21-12-27-20(26)16-11-22-24-18(25)10-17(23-19(16)24)13-6-8-15(9-7-13)28-14-4-2-1-3-5-14/h1-11,22H,12H2. The molecule has 0 fully saturated rings. The third-order valence-electron chi connectivity index (χ3n) is 4.03. The van der Waals surface area contributed by atoms with Crippen LogP contribution in [0.25, 0.3) is 16.9 Å². The van der Waals surface area contributed by atoms with Crippen molar-refractivity contribution in [3.63, 3.8) is 0 Å². The molecule has 8 heteroatoms. The molecule has 0 radical (unpaired) electrons. The third-order valence-corrected chi connectivity index (χ3v) is 4.34. The summed E-state index contributed by atoms with van der Waals surface area (Å²) in [5.41, 5.74) is 1.30. The Hall–Kier alpha value is -3.14. The van der Waals surface area contributed by atoms with Gasteiger partial charge >= 0.3 is 5.97 Å². The van der Waals surface area contributed by atoms with Gasteiger partial charge in [0.15, 0.2) is 5.65 Å². The maximum atomic E-state index is 12.4. The van der Waals surface area contributed by atoms with Gasteiger partial charge in [-0.2, -0.15) is 0 Å². The van der Waals surface area contributed by atoms with Gasteiger partial charge in [0.2, 0.25) is 0 Å². The molecule has 28 heavy (non-hydrogen) atoms. The maximum Gasteiger partial charge on any atom is 0.344 e. The van der Waals surface area contributed by atoms with Crippen LogP contribution in [0.2, 0.25) is 0 Å². The molecule has 0 amide bonds. The molecule has 1 N–H and O–H groups in total. The van der Waals surface area contributed by atoms with Crippen molar-refractivity contribution in [2.45, 2.75) is 0 Å². The Morgan fingerprint density at radius 1 is 1.07 bits per heavy atom. The minimum Gasteiger partial charge on any atom is -0.457 e. The van der Waals surface area contributed by atoms with E-state index >= 15 is 0 Å². The average molecular weight is 487 g/mol. The second-order valence-corrected chi connectivity index (χ2v) is 6.43. The zero-order valence-corrected chi connectivity index (χ0v) is 16.6. The van der Waals surface area contributed by atoms with E-state index in [9.17, 15) is 9.59 Å². The number of aromatic amines is 1. The molecular weight excluding hydrogens is 473 g/mol. The van der Waals surface area contributed by atoms with E-state index in [4.69, 9.17) is 9.47 Å². The molecule has 0 spiro atoms. The largest absolute Gasteiger partial charge is 0.457 e. The fraction of sp³-hybridized carbons (Fsp3) is 0.0500. The summed E-state index contributed by atoms with van der Waals surface area (Å²) in [5.74, 6) is 0.864. The van der Waals surface area contributed by atoms with Crippen molar-refractivity contribution in [2.75, 3.05) is 4.61 Å². The number of halogens is 1. The molecule has 0 aliphatic carbocycles. The number of rotatable bonds is 5. The Labute approximate surface area is 173 Å². The average Bonchev–Trinajstić information content (AvgIpc) is 3.14. The topological polar surface area (TPSA) is 85.7 Å². The highest BCUT2D eigenvalue weighted by molar-refractivity contribution is 14.1. The highest BCUT2D eigenvalue weighted by Crippen LogP contribution is 2.25. The van der Waals surface area contributed by atoms with Crippen LogP contribution in [0.5, 0.6) is 11.5 Å². The van der Waals surface area contributed by atoms with Gasteiger partial charge in [-0.1, -0.05) is 18.2 Å². The molecule has 0 aliphatic rings. The molecule has 2 aromatic heterocycles. The van der Waals surface area contributed by atoms with E-state index in [1.54, 1.807) is 12.1 Å². The van der Waals surface area contributed by atoms with Crippen LogP contribution in [0.3, 0.4) is 0 Å². The molecule has 0 unspecified atom stereocenters. The van der Waals surface area contributed by atoms with Crippen molar-refractivity contribution in [3.05, 3.63) is 82.8 Å². The van der Waals surface area contributed by atoms with Gasteiger partial charge in [0, 0.05) is 17.8 Å². The number of nitrogens with one attached hydrogen (secondary N) is 1. The molecule has 0 saturated carbocycles. The van der Waals surface area contributed by atoms with Gasteiger partial charge in [0.05, 0.1) is 5.69 Å². The highest BCUT2D eigenvalue weighted by atomic mass is 127. The molecule has 0 atom stereocenters. The number of aromatic nitrogens is 3. The van der Waals surface area contributed by atoms with Gasteiger partial charge in [0.25, 0.3) is 5.56 Å². The summed E-state index contributed by atoms with van der Waals surface area (Å²) in [6, 6.07) is 18.1. The lowest BCUT2D eigenvalue weighted by Crippen LogP contribution is -2.15. The third kappa shape index (κ3) is 3.63. The molecule has 2 aromatic carbocycles. The van der Waals surface area contributed by atoms with E-state index in [1.807, 2.05) is 65.1 Å². The fourth-order valence-electron chi connectivity index (χ4n) is 2.73. The maximum absolute atomic E-state index is 12.4. The van der Waals surface area contributed by atoms with Crippen LogP contribution in [0, 0.1) is 0 Å². The number of benzene rings is 2. The zero-order chi connectivity index (χ0) is 19.5. The summed E-state index contributed by atoms with van der Waals surface area (Å²) in [6.45, 7) is 0. The number of para-hydroxylation sites is 1. The van der Waals surface area contributed by atoms with Crippen molar-refractivity contribution in [3.8, 4) is 22.8 Å². The first-order chi connectivity index (χ1) is 13.7. The van der Waals surface area contributed by atoms with Crippen molar-refractivity contribution in [1.82, 2.24) is 14.6 Å². The Bertz CT molecular complexity index is 1180. The lowest BCUT2D eigenvalue weighted by atomic mass is 10.1. The van der Waals surface area contributed by atoms with E-state index in [2.05, 4.69) is 10.1 Å². The van der Waals surface area contributed by atoms with E-state index in [1.165, 1.54) is 16.8 Å². The number of carbonyl (C=O) groups is 1. The Morgan fingerprint density at radius 3 is 2.50 bits per heavy atom. The number of hydrogen-bond acceptors (Lipinski definition) is 5. The van der Waals surface area contributed by atoms with Crippen LogP contribution >= 0.6 is 22.6 Å². The molecule has 4 rings (SSSR count). The van der Waals surface area contributed by atoms with Gasteiger partial charge in [0.1, 0.15) is 21.7 Å². The zero-order valence-electron chi connectivity index (χ0n) is 14.5. The summed E-state index contributed by atoms with van der Waals surface area (Å²) >= 11 is 1.93. The Balaban J connectivity index is 1.68. The quantitative estimate of drug-likeness (QED) is 0.261. The summed E-state index contributed by atoms with van der Waals surface area (Å²) in [5, 5.41) is 2.73. The van der Waals surface area contributed by atoms with E-state index in [0.717, 1.165) is 11.3 Å². The summed E-state index contributed by atoms with van der Waals surface area (Å²) in [7, 11) is 0. The number of alkyl halides is 1. The smallest absolute Gasteiger partial charge is 0.344 e. The first kappa shape index (κ1) is 18.2. The first-order valence-electron chi connectivity index (χ1n) is 8.33. The number of fused-ring (bicyclic) bond motifs is 1. The Morgan fingerprint density at radius 2 is 1.79 bits per heavy atom. The number of nitrogens with zero attached hydrogens (tertiary/aromatic N) is 2. The number of hydrogen-bond donors (Lipinski definition) is 1. The number of esters is 1. The van der Waals surface area contributed by atoms with Gasteiger partial charge in [-0.25, -0.2) is 14.3 Å². The second-order valence-electron chi connectivity index (χ2n) is 5.81. The van der Waals surface area contributed by atoms with E-state index in [0.29, 0.717) is 11.4 Å². The fourth-order valence-corrected chi connectivity index (χ4v) is 3.01. The van der Waals surface area contributed by atoms with Crippen LogP contribution in [0.4, 0.5) is 0 Å². The van der Waals surface area contributed by atoms with Crippen LogP contribution in [-0.2, 0) is 4.74 Å². The van der Waals surface area contributed by atoms with Gasteiger partial charge < -0.3 is 9.47 Å². The molecule has 4 aromatic rings. The van der Waals surface area contributed by atoms with Crippen molar-refractivity contribution < 1.29 is 14.3 Å². The SMILES string of the molecule is O=C(OCI)c1c[nH]n2c(=O)cc(-c3ccc(Oc4ccccc4)cc3)nc12. The predicted octanol–water partition coefficient (Wildman–Crippen LogP) is 4.03. The van der Waals surface area contributed by atoms with Crippen molar-refractivity contribution >= 4 is 34.2 Å². The van der Waals surface area contributed by atoms with Crippen LogP contribution in [0.1, 0.15) is 10.4 Å². The molecule has 0 bridgehead atoms. The molecule has 140 valence electrons. The van der Waals surface area contributed by atoms with Gasteiger partial charge in [-0.3, -0.25) is 9.89 Å². The van der Waals surface area contributed by atoms with Crippen LogP contribution in [0.15, 0.2) is 71.7 Å². The summed E-state index contributed by atoms with van der Waals surface area (Å²) in [6.07, 6.45) is 1.42. The van der Waals surface area contributed by atoms with Gasteiger partial charge in [-0.15, -0.1) is 0 Å². The van der Waals surface area contributed by atoms with Crippen LogP contribution in [-0.4, -0.2) is 25.2 Å². The number of H-pyrrole nitrogens is 1. The molecule has 0 saturated heterocycles. The molecule has 2 heterocycles. The molecular formula is C20H14IN3O4. The van der Waals surface area contributed by atoms with E-state index in [-0.39, 0.29) is 21.4 Å². The minimum absolute atomic E-state index is 0.208. The lowest BCUT2D eigenvalue weighted by Gasteiger charge is -2.07. The predicted molar refractivity (Wildman–Crippen MR) is 112 cm³/mol. The van der Waals surface area contributed by atoms with Crippen molar-refractivity contribution in [2.24, 2.45) is 0 Å². The minimum atomic E-state index is -0.538. The second kappa shape index (κ2) is 7.85. The van der Waals surface area contributed by atoms with Crippen molar-refractivity contribution in [1.29, 1.82) is 0 Å². The number of ether oxygens (including phenoxy) is 2. The normalized spacial score (nSPS) is 10.8. The van der Waals surface area contributed by atoms with E-state index < -0.39 is 5.97 Å². The lowest BCUT2D eigenvalue weighted by molar-refractivity contribution is 0.0592. The molecule has 0 aliphatic heterocycles. The Kier molecular flexibility index (Phi) is 5.11. The first-order valence-corrected chi connectivity index (χ1v) is 9.86. The molecule has 7 nitrogen and oxygen atoms in total.